The Morgan fingerprint density at radius 3 is 2.38 bits per heavy atom. The van der Waals surface area contributed by atoms with E-state index in [1.54, 1.807) is 0 Å². The number of hydrogen-bond acceptors (Lipinski definition) is 5. The summed E-state index contributed by atoms with van der Waals surface area (Å²) in [6, 6.07) is 5.11. The molecule has 1 saturated carbocycles. The van der Waals surface area contributed by atoms with E-state index in [0.29, 0.717) is 5.56 Å². The zero-order chi connectivity index (χ0) is 15.4. The van der Waals surface area contributed by atoms with Gasteiger partial charge in [0.1, 0.15) is 11.6 Å². The molecule has 1 aromatic rings. The quantitative estimate of drug-likeness (QED) is 0.634. The molecule has 1 aromatic carbocycles. The largest absolute Gasteiger partial charge is 0.502 e. The molecule has 1 aliphatic carbocycles. The van der Waals surface area contributed by atoms with E-state index in [2.05, 4.69) is 5.32 Å². The van der Waals surface area contributed by atoms with Crippen molar-refractivity contribution >= 4 is 12.0 Å². The summed E-state index contributed by atoms with van der Waals surface area (Å²) in [7, 11) is 2.82. The highest BCUT2D eigenvalue weighted by Crippen LogP contribution is 2.37. The lowest BCUT2D eigenvalue weighted by Gasteiger charge is -2.09. The highest BCUT2D eigenvalue weighted by molar-refractivity contribution is 6.02. The topological polar surface area (TPSA) is 91.6 Å². The summed E-state index contributed by atoms with van der Waals surface area (Å²) in [4.78, 5) is 11.9. The zero-order valence-electron chi connectivity index (χ0n) is 11.8. The van der Waals surface area contributed by atoms with Crippen LogP contribution < -0.4 is 14.8 Å². The molecule has 6 nitrogen and oxygen atoms in total. The van der Waals surface area contributed by atoms with Crippen LogP contribution in [0, 0.1) is 11.3 Å². The molecule has 1 amide bonds. The Labute approximate surface area is 122 Å². The van der Waals surface area contributed by atoms with Crippen molar-refractivity contribution in [2.75, 3.05) is 14.2 Å². The van der Waals surface area contributed by atoms with Crippen LogP contribution in [-0.4, -0.2) is 31.3 Å². The molecular formula is C15H16N2O4. The number of carbonyl (C=O) groups excluding carboxylic acids is 1. The summed E-state index contributed by atoms with van der Waals surface area (Å²) in [5.74, 6) is -0.106. The lowest BCUT2D eigenvalue weighted by molar-refractivity contribution is -0.117. The van der Waals surface area contributed by atoms with Crippen LogP contribution in [-0.2, 0) is 4.79 Å². The van der Waals surface area contributed by atoms with Gasteiger partial charge in [0, 0.05) is 6.04 Å². The van der Waals surface area contributed by atoms with Gasteiger partial charge in [-0.05, 0) is 36.6 Å². The molecule has 6 heteroatoms. The lowest BCUT2D eigenvalue weighted by Crippen LogP contribution is -2.26. The number of methoxy groups -OCH3 is 2. The number of ether oxygens (including phenoxy) is 2. The summed E-state index contributed by atoms with van der Waals surface area (Å²) in [6.07, 6.45) is 3.33. The monoisotopic (exact) mass is 288 g/mol. The van der Waals surface area contributed by atoms with E-state index in [4.69, 9.17) is 14.7 Å². The minimum absolute atomic E-state index is 0.00306. The van der Waals surface area contributed by atoms with Gasteiger partial charge >= 0.3 is 0 Å². The Balaban J connectivity index is 2.32. The Morgan fingerprint density at radius 1 is 1.38 bits per heavy atom. The van der Waals surface area contributed by atoms with Crippen molar-refractivity contribution in [3.8, 4) is 23.3 Å². The fraction of sp³-hybridized carbons (Fsp3) is 0.333. The smallest absolute Gasteiger partial charge is 0.262 e. The van der Waals surface area contributed by atoms with E-state index in [1.807, 2.05) is 6.07 Å². The lowest BCUT2D eigenvalue weighted by atomic mass is 10.1. The summed E-state index contributed by atoms with van der Waals surface area (Å²) in [5, 5.41) is 21.7. The first-order chi connectivity index (χ1) is 10.1. The van der Waals surface area contributed by atoms with Crippen LogP contribution in [0.3, 0.4) is 0 Å². The summed E-state index contributed by atoms with van der Waals surface area (Å²) in [5.41, 5.74) is 0.528. The summed E-state index contributed by atoms with van der Waals surface area (Å²) < 4.78 is 10.1. The van der Waals surface area contributed by atoms with Gasteiger partial charge < -0.3 is 19.9 Å². The fourth-order valence-corrected chi connectivity index (χ4v) is 1.80. The van der Waals surface area contributed by atoms with Crippen molar-refractivity contribution in [3.05, 3.63) is 23.3 Å². The molecule has 2 N–H and O–H groups in total. The molecule has 0 radical (unpaired) electrons. The van der Waals surface area contributed by atoms with Gasteiger partial charge in [0.25, 0.3) is 5.91 Å². The minimum atomic E-state index is -0.397. The van der Waals surface area contributed by atoms with Crippen molar-refractivity contribution in [1.29, 1.82) is 5.26 Å². The molecule has 0 heterocycles. The molecule has 1 fully saturated rings. The van der Waals surface area contributed by atoms with E-state index in [-0.39, 0.29) is 28.9 Å². The van der Waals surface area contributed by atoms with Gasteiger partial charge in [0.15, 0.2) is 11.5 Å². The van der Waals surface area contributed by atoms with Crippen LogP contribution in [0.15, 0.2) is 17.7 Å². The Kier molecular flexibility index (Phi) is 4.33. The minimum Gasteiger partial charge on any atom is -0.502 e. The Bertz CT molecular complexity index is 602. The van der Waals surface area contributed by atoms with Crippen LogP contribution in [0.4, 0.5) is 0 Å². The average Bonchev–Trinajstić information content (AvgIpc) is 3.29. The molecule has 0 atom stereocenters. The third kappa shape index (κ3) is 3.45. The molecule has 0 aliphatic heterocycles. The third-order valence-electron chi connectivity index (χ3n) is 3.09. The second kappa shape index (κ2) is 6.18. The fourth-order valence-electron chi connectivity index (χ4n) is 1.80. The number of phenolic OH excluding ortho intramolecular Hbond substituents is 1. The molecule has 0 unspecified atom stereocenters. The average molecular weight is 288 g/mol. The molecule has 2 rings (SSSR count). The molecule has 0 aromatic heterocycles. The number of nitrogens with one attached hydrogen (secondary N) is 1. The number of nitrogens with zero attached hydrogens (tertiary/aromatic N) is 1. The van der Waals surface area contributed by atoms with Gasteiger partial charge in [-0.3, -0.25) is 4.79 Å². The second-order valence-corrected chi connectivity index (χ2v) is 4.69. The Hall–Kier alpha value is -2.68. The van der Waals surface area contributed by atoms with Crippen molar-refractivity contribution in [2.24, 2.45) is 0 Å². The highest BCUT2D eigenvalue weighted by Gasteiger charge is 2.24. The van der Waals surface area contributed by atoms with Crippen LogP contribution in [0.2, 0.25) is 0 Å². The van der Waals surface area contributed by atoms with E-state index < -0.39 is 5.91 Å². The van der Waals surface area contributed by atoms with Gasteiger partial charge in [-0.1, -0.05) is 0 Å². The molecule has 0 spiro atoms. The first-order valence-electron chi connectivity index (χ1n) is 6.46. The number of phenols is 1. The summed E-state index contributed by atoms with van der Waals surface area (Å²) >= 11 is 0. The number of rotatable bonds is 5. The Morgan fingerprint density at radius 2 is 1.95 bits per heavy atom. The van der Waals surface area contributed by atoms with E-state index in [0.717, 1.165) is 12.8 Å². The van der Waals surface area contributed by atoms with Crippen LogP contribution >= 0.6 is 0 Å². The third-order valence-corrected chi connectivity index (χ3v) is 3.09. The highest BCUT2D eigenvalue weighted by atomic mass is 16.5. The molecule has 21 heavy (non-hydrogen) atoms. The number of amides is 1. The maximum atomic E-state index is 11.9. The van der Waals surface area contributed by atoms with Crippen molar-refractivity contribution < 1.29 is 19.4 Å². The molecular weight excluding hydrogens is 272 g/mol. The number of benzene rings is 1. The number of nitriles is 1. The van der Waals surface area contributed by atoms with Gasteiger partial charge in [-0.2, -0.15) is 5.26 Å². The molecule has 110 valence electrons. The van der Waals surface area contributed by atoms with Crippen molar-refractivity contribution in [3.63, 3.8) is 0 Å². The zero-order valence-corrected chi connectivity index (χ0v) is 11.8. The van der Waals surface area contributed by atoms with Gasteiger partial charge in [-0.15, -0.1) is 0 Å². The first-order valence-corrected chi connectivity index (χ1v) is 6.46. The number of hydrogen-bond donors (Lipinski definition) is 2. The summed E-state index contributed by atoms with van der Waals surface area (Å²) in [6.45, 7) is 0. The normalized spacial score (nSPS) is 14.2. The molecule has 0 bridgehead atoms. The van der Waals surface area contributed by atoms with Crippen LogP contribution in [0.1, 0.15) is 18.4 Å². The van der Waals surface area contributed by atoms with Crippen molar-refractivity contribution in [2.45, 2.75) is 18.9 Å². The van der Waals surface area contributed by atoms with Crippen LogP contribution in [0.25, 0.3) is 6.08 Å². The SMILES string of the molecule is COc1cc(/C=C(\C#N)C(=O)NC2CC2)cc(OC)c1O. The maximum absolute atomic E-state index is 11.9. The number of carbonyl (C=O) groups is 1. The van der Waals surface area contributed by atoms with Crippen LogP contribution in [0.5, 0.6) is 17.2 Å². The van der Waals surface area contributed by atoms with Gasteiger partial charge in [0.05, 0.1) is 14.2 Å². The maximum Gasteiger partial charge on any atom is 0.262 e. The van der Waals surface area contributed by atoms with E-state index in [9.17, 15) is 9.90 Å². The first kappa shape index (κ1) is 14.7. The number of aromatic hydroxyl groups is 1. The van der Waals surface area contributed by atoms with Crippen molar-refractivity contribution in [1.82, 2.24) is 5.32 Å². The van der Waals surface area contributed by atoms with Gasteiger partial charge in [-0.25, -0.2) is 0 Å². The van der Waals surface area contributed by atoms with E-state index in [1.165, 1.54) is 32.4 Å². The predicted molar refractivity (Wildman–Crippen MR) is 76.0 cm³/mol. The predicted octanol–water partition coefficient (Wildman–Crippen LogP) is 1.59. The molecule has 0 saturated heterocycles. The molecule has 1 aliphatic rings. The van der Waals surface area contributed by atoms with E-state index >= 15 is 0 Å². The second-order valence-electron chi connectivity index (χ2n) is 4.69. The van der Waals surface area contributed by atoms with Gasteiger partial charge in [0.2, 0.25) is 5.75 Å². The standard InChI is InChI=1S/C15H16N2O4/c1-20-12-6-9(7-13(21-2)14(12)18)5-10(8-16)15(19)17-11-3-4-11/h5-7,11,18H,3-4H2,1-2H3,(H,17,19)/b10-5+.